The summed E-state index contributed by atoms with van der Waals surface area (Å²) < 4.78 is 29.5. The Hall–Kier alpha value is -2.09. The zero-order valence-electron chi connectivity index (χ0n) is 15.4. The minimum Gasteiger partial charge on any atom is -0.392 e. The maximum absolute atomic E-state index is 13.3. The van der Waals surface area contributed by atoms with Gasteiger partial charge in [0.15, 0.2) is 0 Å². The van der Waals surface area contributed by atoms with Gasteiger partial charge in [-0.2, -0.15) is 8.42 Å². The molecule has 1 fully saturated rings. The number of rotatable bonds is 7. The van der Waals surface area contributed by atoms with E-state index in [1.165, 1.54) is 8.61 Å². The van der Waals surface area contributed by atoms with E-state index in [4.69, 9.17) is 0 Å². The first kappa shape index (κ1) is 18.3. The van der Waals surface area contributed by atoms with E-state index in [-0.39, 0.29) is 6.54 Å². The number of anilines is 3. The van der Waals surface area contributed by atoms with Crippen LogP contribution in [0.4, 0.5) is 17.1 Å². The fourth-order valence-electron chi connectivity index (χ4n) is 3.43. The van der Waals surface area contributed by atoms with Crippen LogP contribution in [0.3, 0.4) is 0 Å². The van der Waals surface area contributed by atoms with Crippen molar-refractivity contribution in [1.29, 1.82) is 0 Å². The molecule has 2 aromatic carbocycles. The van der Waals surface area contributed by atoms with E-state index in [0.717, 1.165) is 18.4 Å². The highest BCUT2D eigenvalue weighted by Crippen LogP contribution is 2.45. The molecule has 7 heteroatoms. The quantitative estimate of drug-likeness (QED) is 0.766. The second-order valence-electron chi connectivity index (χ2n) is 7.24. The lowest BCUT2D eigenvalue weighted by atomic mass is 10.2. The van der Waals surface area contributed by atoms with Gasteiger partial charge in [0.25, 0.3) is 0 Å². The van der Waals surface area contributed by atoms with Crippen LogP contribution in [-0.2, 0) is 10.2 Å². The monoisotopic (exact) mass is 387 g/mol. The number of hydrogen-bond donors (Lipinski definition) is 2. The van der Waals surface area contributed by atoms with Crippen molar-refractivity contribution in [3.63, 3.8) is 0 Å². The van der Waals surface area contributed by atoms with Gasteiger partial charge in [0.05, 0.1) is 23.2 Å². The molecule has 1 aliphatic carbocycles. The second kappa shape index (κ2) is 7.14. The molecule has 1 atom stereocenters. The third kappa shape index (κ3) is 3.54. The van der Waals surface area contributed by atoms with Gasteiger partial charge in [0.2, 0.25) is 0 Å². The summed E-state index contributed by atoms with van der Waals surface area (Å²) in [6, 6.07) is 15.3. The first-order chi connectivity index (χ1) is 13.0. The van der Waals surface area contributed by atoms with Gasteiger partial charge in [-0.3, -0.25) is 4.31 Å². The minimum absolute atomic E-state index is 0.245. The molecule has 1 aliphatic heterocycles. The molecule has 0 spiro atoms. The van der Waals surface area contributed by atoms with Crippen LogP contribution in [0.15, 0.2) is 48.5 Å². The number of aliphatic hydroxyl groups excluding tert-OH is 1. The summed E-state index contributed by atoms with van der Waals surface area (Å²) in [6.07, 6.45) is 2.13. The molecule has 0 bridgehead atoms. The molecule has 2 aliphatic rings. The topological polar surface area (TPSA) is 72.9 Å². The smallest absolute Gasteiger partial charge is 0.330 e. The lowest BCUT2D eigenvalue weighted by Crippen LogP contribution is -2.38. The third-order valence-electron chi connectivity index (χ3n) is 5.10. The highest BCUT2D eigenvalue weighted by atomic mass is 32.2. The molecule has 1 heterocycles. The molecule has 4 rings (SSSR count). The molecule has 2 aromatic rings. The zero-order valence-corrected chi connectivity index (χ0v) is 16.2. The van der Waals surface area contributed by atoms with E-state index in [9.17, 15) is 13.5 Å². The van der Waals surface area contributed by atoms with Gasteiger partial charge in [-0.1, -0.05) is 30.3 Å². The molecule has 0 radical (unpaired) electrons. The maximum atomic E-state index is 13.3. The van der Waals surface area contributed by atoms with E-state index >= 15 is 0 Å². The standard InChI is InChI=1S/C20H25N3O3S/c1-15-6-2-3-7-18(15)23-20-9-5-4-8-19(20)22(27(23,25)26)13-12-17(24)14-21-16-10-11-16/h2-9,16-17,21,24H,10-14H2,1H3/t17-/m0/s1. The lowest BCUT2D eigenvalue weighted by molar-refractivity contribution is 0.164. The van der Waals surface area contributed by atoms with E-state index in [0.29, 0.717) is 36.1 Å². The van der Waals surface area contributed by atoms with Crippen molar-refractivity contribution in [2.45, 2.75) is 38.3 Å². The Balaban J connectivity index is 1.60. The maximum Gasteiger partial charge on any atom is 0.330 e. The normalized spacial score (nSPS) is 19.2. The summed E-state index contributed by atoms with van der Waals surface area (Å²) in [6.45, 7) is 2.65. The Bertz CT molecular complexity index is 928. The number of para-hydroxylation sites is 3. The largest absolute Gasteiger partial charge is 0.392 e. The van der Waals surface area contributed by atoms with Crippen molar-refractivity contribution in [2.24, 2.45) is 0 Å². The average molecular weight is 388 g/mol. The zero-order chi connectivity index (χ0) is 19.0. The molecular weight excluding hydrogens is 362 g/mol. The van der Waals surface area contributed by atoms with E-state index in [1.54, 1.807) is 0 Å². The number of aryl methyl sites for hydroxylation is 1. The molecular formula is C20H25N3O3S. The van der Waals surface area contributed by atoms with Crippen LogP contribution in [0.25, 0.3) is 0 Å². The van der Waals surface area contributed by atoms with Crippen molar-refractivity contribution in [2.75, 3.05) is 21.7 Å². The Morgan fingerprint density at radius 3 is 2.37 bits per heavy atom. The molecule has 0 saturated heterocycles. The molecule has 0 unspecified atom stereocenters. The van der Waals surface area contributed by atoms with Gasteiger partial charge >= 0.3 is 10.2 Å². The minimum atomic E-state index is -3.74. The molecule has 27 heavy (non-hydrogen) atoms. The molecule has 6 nitrogen and oxygen atoms in total. The lowest BCUT2D eigenvalue weighted by Gasteiger charge is -2.23. The molecule has 0 aromatic heterocycles. The Morgan fingerprint density at radius 1 is 1.07 bits per heavy atom. The van der Waals surface area contributed by atoms with Crippen molar-refractivity contribution in [3.05, 3.63) is 54.1 Å². The van der Waals surface area contributed by atoms with Crippen LogP contribution in [0.1, 0.15) is 24.8 Å². The van der Waals surface area contributed by atoms with Gasteiger partial charge in [-0.15, -0.1) is 0 Å². The molecule has 0 amide bonds. The summed E-state index contributed by atoms with van der Waals surface area (Å²) in [5, 5.41) is 13.5. The predicted molar refractivity (Wildman–Crippen MR) is 108 cm³/mol. The van der Waals surface area contributed by atoms with Crippen molar-refractivity contribution in [3.8, 4) is 0 Å². The summed E-state index contributed by atoms with van der Waals surface area (Å²) in [5.41, 5.74) is 2.86. The first-order valence-corrected chi connectivity index (χ1v) is 10.8. The number of benzene rings is 2. The van der Waals surface area contributed by atoms with Gasteiger partial charge < -0.3 is 10.4 Å². The summed E-state index contributed by atoms with van der Waals surface area (Å²) in [7, 11) is -3.74. The molecule has 144 valence electrons. The number of nitrogens with zero attached hydrogens (tertiary/aromatic N) is 2. The van der Waals surface area contributed by atoms with E-state index in [1.807, 2.05) is 55.5 Å². The molecule has 1 saturated carbocycles. The first-order valence-electron chi connectivity index (χ1n) is 9.37. The average Bonchev–Trinajstić information content (AvgIpc) is 3.44. The van der Waals surface area contributed by atoms with Crippen molar-refractivity contribution < 1.29 is 13.5 Å². The van der Waals surface area contributed by atoms with Crippen LogP contribution in [0.2, 0.25) is 0 Å². The number of hydrogen-bond acceptors (Lipinski definition) is 4. The molecule has 2 N–H and O–H groups in total. The van der Waals surface area contributed by atoms with Crippen LogP contribution < -0.4 is 13.9 Å². The van der Waals surface area contributed by atoms with Gasteiger partial charge in [-0.05, 0) is 49.9 Å². The van der Waals surface area contributed by atoms with Gasteiger partial charge in [0, 0.05) is 19.1 Å². The van der Waals surface area contributed by atoms with Crippen LogP contribution >= 0.6 is 0 Å². The Labute approximate surface area is 160 Å². The van der Waals surface area contributed by atoms with Crippen LogP contribution in [-0.4, -0.2) is 38.8 Å². The van der Waals surface area contributed by atoms with Gasteiger partial charge in [-0.25, -0.2) is 4.31 Å². The third-order valence-corrected chi connectivity index (χ3v) is 6.89. The van der Waals surface area contributed by atoms with E-state index < -0.39 is 16.3 Å². The number of aliphatic hydroxyl groups is 1. The SMILES string of the molecule is Cc1ccccc1N1c2ccccc2N(CC[C@H](O)CNC2CC2)S1(=O)=O. The summed E-state index contributed by atoms with van der Waals surface area (Å²) in [5.74, 6) is 0. The summed E-state index contributed by atoms with van der Waals surface area (Å²) in [4.78, 5) is 0. The number of fused-ring (bicyclic) bond motifs is 1. The summed E-state index contributed by atoms with van der Waals surface area (Å²) >= 11 is 0. The van der Waals surface area contributed by atoms with E-state index in [2.05, 4.69) is 5.32 Å². The Kier molecular flexibility index (Phi) is 4.84. The highest BCUT2D eigenvalue weighted by Gasteiger charge is 2.41. The Morgan fingerprint density at radius 2 is 1.70 bits per heavy atom. The second-order valence-corrected chi connectivity index (χ2v) is 8.95. The van der Waals surface area contributed by atoms with Crippen LogP contribution in [0.5, 0.6) is 0 Å². The van der Waals surface area contributed by atoms with Crippen molar-refractivity contribution in [1.82, 2.24) is 5.32 Å². The van der Waals surface area contributed by atoms with Crippen molar-refractivity contribution >= 4 is 27.3 Å². The number of nitrogens with one attached hydrogen (secondary N) is 1. The van der Waals surface area contributed by atoms with Crippen LogP contribution in [0, 0.1) is 6.92 Å². The predicted octanol–water partition coefficient (Wildman–Crippen LogP) is 2.70. The van der Waals surface area contributed by atoms with Gasteiger partial charge in [0.1, 0.15) is 0 Å². The fraction of sp³-hybridized carbons (Fsp3) is 0.400. The fourth-order valence-corrected chi connectivity index (χ4v) is 5.23. The highest BCUT2D eigenvalue weighted by molar-refractivity contribution is 7.95.